The average molecular weight is 417 g/mol. The summed E-state index contributed by atoms with van der Waals surface area (Å²) in [6, 6.07) is 5.53. The summed E-state index contributed by atoms with van der Waals surface area (Å²) >= 11 is 0. The van der Waals surface area contributed by atoms with Crippen LogP contribution in [0.15, 0.2) is 24.3 Å². The molecule has 9 nitrogen and oxygen atoms in total. The van der Waals surface area contributed by atoms with Crippen molar-refractivity contribution in [1.82, 2.24) is 10.2 Å². The van der Waals surface area contributed by atoms with Crippen LogP contribution in [0.2, 0.25) is 0 Å². The largest absolute Gasteiger partial charge is 0.456 e. The molecule has 4 amide bonds. The molecule has 1 heterocycles. The molecule has 2 N–H and O–H groups in total. The minimum absolute atomic E-state index is 0.144. The molecule has 162 valence electrons. The third-order valence-corrected chi connectivity index (χ3v) is 4.84. The van der Waals surface area contributed by atoms with Gasteiger partial charge in [-0.05, 0) is 37.6 Å². The predicted octanol–water partition coefficient (Wildman–Crippen LogP) is 2.26. The smallest absolute Gasteiger partial charge is 0.326 e. The Balaban J connectivity index is 1.87. The zero-order valence-electron chi connectivity index (χ0n) is 17.4. The van der Waals surface area contributed by atoms with Crippen LogP contribution in [0, 0.1) is 0 Å². The summed E-state index contributed by atoms with van der Waals surface area (Å²) in [6.07, 6.45) is 2.45. The molecule has 1 saturated heterocycles. The number of esters is 1. The number of unbranched alkanes of at least 4 members (excludes halogenated alkanes) is 1. The van der Waals surface area contributed by atoms with Crippen molar-refractivity contribution in [3.05, 3.63) is 29.8 Å². The predicted molar refractivity (Wildman–Crippen MR) is 109 cm³/mol. The highest BCUT2D eigenvalue weighted by molar-refractivity contribution is 6.08. The lowest BCUT2D eigenvalue weighted by molar-refractivity contribution is -0.146. The summed E-state index contributed by atoms with van der Waals surface area (Å²) in [5.41, 5.74) is -0.169. The molecular weight excluding hydrogens is 390 g/mol. The van der Waals surface area contributed by atoms with Crippen LogP contribution in [0.3, 0.4) is 0 Å². The lowest BCUT2D eigenvalue weighted by atomic mass is 9.95. The van der Waals surface area contributed by atoms with Crippen LogP contribution >= 0.6 is 0 Å². The number of carbonyl (C=O) groups excluding carboxylic acids is 5. The molecule has 2 rings (SSSR count). The van der Waals surface area contributed by atoms with Gasteiger partial charge in [0, 0.05) is 17.7 Å². The number of Topliss-reactive ketones (excluding diaryl/α,β-unsaturated/α-hetero) is 1. The van der Waals surface area contributed by atoms with Crippen molar-refractivity contribution in [2.45, 2.75) is 52.0 Å². The van der Waals surface area contributed by atoms with E-state index in [1.807, 2.05) is 6.92 Å². The van der Waals surface area contributed by atoms with Gasteiger partial charge in [-0.15, -0.1) is 0 Å². The van der Waals surface area contributed by atoms with Crippen LogP contribution in [-0.4, -0.2) is 53.2 Å². The first kappa shape index (κ1) is 23.1. The van der Waals surface area contributed by atoms with E-state index >= 15 is 0 Å². The Hall–Kier alpha value is -3.23. The van der Waals surface area contributed by atoms with Gasteiger partial charge in [0.15, 0.2) is 12.4 Å². The second-order valence-corrected chi connectivity index (χ2v) is 7.32. The molecule has 0 radical (unpaired) electrons. The second-order valence-electron chi connectivity index (χ2n) is 7.32. The normalized spacial score (nSPS) is 18.2. The first-order chi connectivity index (χ1) is 14.2. The Morgan fingerprint density at radius 2 is 1.80 bits per heavy atom. The fraction of sp³-hybridized carbons (Fsp3) is 0.476. The molecule has 0 aromatic heterocycles. The van der Waals surface area contributed by atoms with E-state index in [0.717, 1.165) is 17.7 Å². The summed E-state index contributed by atoms with van der Waals surface area (Å²) in [7, 11) is 0. The van der Waals surface area contributed by atoms with Gasteiger partial charge in [-0.25, -0.2) is 4.79 Å². The van der Waals surface area contributed by atoms with Crippen molar-refractivity contribution in [2.75, 3.05) is 18.5 Å². The number of urea groups is 1. The van der Waals surface area contributed by atoms with Crippen LogP contribution in [0.25, 0.3) is 0 Å². The van der Waals surface area contributed by atoms with Crippen molar-refractivity contribution in [3.63, 3.8) is 0 Å². The Labute approximate surface area is 175 Å². The Kier molecular flexibility index (Phi) is 7.68. The molecule has 0 bridgehead atoms. The summed E-state index contributed by atoms with van der Waals surface area (Å²) in [6.45, 7) is 4.26. The van der Waals surface area contributed by atoms with Crippen LogP contribution < -0.4 is 10.6 Å². The van der Waals surface area contributed by atoms with E-state index in [1.165, 1.54) is 12.1 Å². The molecular formula is C21H27N3O6. The molecule has 1 aliphatic rings. The topological polar surface area (TPSA) is 122 Å². The molecule has 1 aromatic rings. The van der Waals surface area contributed by atoms with Gasteiger partial charge in [-0.2, -0.15) is 0 Å². The molecule has 1 aromatic carbocycles. The minimum atomic E-state index is -1.03. The zero-order chi connectivity index (χ0) is 22.3. The Bertz CT molecular complexity index is 836. The van der Waals surface area contributed by atoms with E-state index in [9.17, 15) is 24.0 Å². The third kappa shape index (κ3) is 5.65. The van der Waals surface area contributed by atoms with Gasteiger partial charge in [0.05, 0.1) is 0 Å². The number of ketones is 1. The SMILES string of the molecule is CCCC[C@]1(C)NC(=O)N(CC(=O)OCC(=O)c2ccc(NC(=O)CC)cc2)C1=O. The van der Waals surface area contributed by atoms with E-state index in [-0.39, 0.29) is 5.91 Å². The summed E-state index contributed by atoms with van der Waals surface area (Å²) < 4.78 is 4.95. The Morgan fingerprint density at radius 3 is 2.40 bits per heavy atom. The van der Waals surface area contributed by atoms with Gasteiger partial charge in [0.25, 0.3) is 5.91 Å². The van der Waals surface area contributed by atoms with Crippen molar-refractivity contribution in [1.29, 1.82) is 0 Å². The Morgan fingerprint density at radius 1 is 1.13 bits per heavy atom. The third-order valence-electron chi connectivity index (χ3n) is 4.84. The van der Waals surface area contributed by atoms with Crippen molar-refractivity contribution >= 4 is 35.3 Å². The number of carbonyl (C=O) groups is 5. The summed E-state index contributed by atoms with van der Waals surface area (Å²) in [5, 5.41) is 5.28. The number of benzene rings is 1. The fourth-order valence-corrected chi connectivity index (χ4v) is 2.98. The van der Waals surface area contributed by atoms with Crippen LogP contribution in [-0.2, 0) is 19.1 Å². The molecule has 1 fully saturated rings. The number of nitrogens with zero attached hydrogens (tertiary/aromatic N) is 1. The average Bonchev–Trinajstić information content (AvgIpc) is 2.94. The standard InChI is InChI=1S/C21H27N3O6/c1-4-6-11-21(3)19(28)24(20(29)23-21)12-18(27)30-13-16(25)14-7-9-15(10-8-14)22-17(26)5-2/h7-10H,4-6,11-13H2,1-3H3,(H,22,26)(H,23,29)/t21-/m0/s1. The van der Waals surface area contributed by atoms with Gasteiger partial charge in [-0.3, -0.25) is 24.1 Å². The molecule has 0 unspecified atom stereocenters. The highest BCUT2D eigenvalue weighted by Gasteiger charge is 2.47. The number of nitrogens with one attached hydrogen (secondary N) is 2. The van der Waals surface area contributed by atoms with Gasteiger partial charge < -0.3 is 15.4 Å². The lowest BCUT2D eigenvalue weighted by Gasteiger charge is -2.21. The maximum atomic E-state index is 12.5. The second kappa shape index (κ2) is 10.00. The lowest BCUT2D eigenvalue weighted by Crippen LogP contribution is -2.44. The van der Waals surface area contributed by atoms with E-state index in [4.69, 9.17) is 4.74 Å². The molecule has 1 aliphatic heterocycles. The van der Waals surface area contributed by atoms with Crippen LogP contribution in [0.1, 0.15) is 56.8 Å². The maximum absolute atomic E-state index is 12.5. The number of anilines is 1. The van der Waals surface area contributed by atoms with Crippen molar-refractivity contribution < 1.29 is 28.7 Å². The van der Waals surface area contributed by atoms with Gasteiger partial charge in [-0.1, -0.05) is 26.7 Å². The number of ether oxygens (including phenoxy) is 1. The number of hydrogen-bond donors (Lipinski definition) is 2. The zero-order valence-corrected chi connectivity index (χ0v) is 17.4. The molecule has 30 heavy (non-hydrogen) atoms. The number of hydrogen-bond acceptors (Lipinski definition) is 6. The summed E-state index contributed by atoms with van der Waals surface area (Å²) in [4.78, 5) is 61.0. The van der Waals surface area contributed by atoms with Gasteiger partial charge in [0.2, 0.25) is 5.91 Å². The molecule has 0 spiro atoms. The maximum Gasteiger partial charge on any atom is 0.326 e. The number of rotatable bonds is 10. The van der Waals surface area contributed by atoms with E-state index < -0.39 is 42.4 Å². The first-order valence-corrected chi connectivity index (χ1v) is 9.93. The molecule has 0 saturated carbocycles. The van der Waals surface area contributed by atoms with E-state index in [2.05, 4.69) is 10.6 Å². The van der Waals surface area contributed by atoms with E-state index in [0.29, 0.717) is 24.1 Å². The van der Waals surface area contributed by atoms with Crippen molar-refractivity contribution in [2.24, 2.45) is 0 Å². The van der Waals surface area contributed by atoms with Crippen LogP contribution in [0.5, 0.6) is 0 Å². The summed E-state index contributed by atoms with van der Waals surface area (Å²) in [5.74, 6) is -1.91. The van der Waals surface area contributed by atoms with Gasteiger partial charge in [0.1, 0.15) is 12.1 Å². The fourth-order valence-electron chi connectivity index (χ4n) is 2.98. The number of amides is 4. The van der Waals surface area contributed by atoms with E-state index in [1.54, 1.807) is 26.0 Å². The first-order valence-electron chi connectivity index (χ1n) is 9.93. The van der Waals surface area contributed by atoms with Crippen LogP contribution in [0.4, 0.5) is 10.5 Å². The van der Waals surface area contributed by atoms with Gasteiger partial charge >= 0.3 is 12.0 Å². The monoisotopic (exact) mass is 417 g/mol. The molecule has 0 aliphatic carbocycles. The highest BCUT2D eigenvalue weighted by Crippen LogP contribution is 2.23. The highest BCUT2D eigenvalue weighted by atomic mass is 16.5. The molecule has 1 atom stereocenters. The quantitative estimate of drug-likeness (QED) is 0.342. The number of imide groups is 1. The molecule has 9 heteroatoms. The minimum Gasteiger partial charge on any atom is -0.456 e. The van der Waals surface area contributed by atoms with Crippen molar-refractivity contribution in [3.8, 4) is 0 Å².